The molecule has 25 heavy (non-hydrogen) atoms. The van der Waals surface area contributed by atoms with Crippen molar-refractivity contribution < 1.29 is 0 Å². The van der Waals surface area contributed by atoms with Gasteiger partial charge in [-0.15, -0.1) is 0 Å². The lowest BCUT2D eigenvalue weighted by Crippen LogP contribution is -2.39. The Bertz CT molecular complexity index is 841. The third kappa shape index (κ3) is 4.09. The van der Waals surface area contributed by atoms with E-state index in [9.17, 15) is 5.26 Å². The molecule has 0 saturated carbocycles. The van der Waals surface area contributed by atoms with Crippen molar-refractivity contribution in [1.82, 2.24) is 30.4 Å². The predicted octanol–water partition coefficient (Wildman–Crippen LogP) is 1.45. The smallest absolute Gasteiger partial charge is 0.199 e. The zero-order valence-electron chi connectivity index (χ0n) is 13.8. The van der Waals surface area contributed by atoms with Gasteiger partial charge in [-0.3, -0.25) is 14.7 Å². The number of aromatic nitrogens is 4. The van der Waals surface area contributed by atoms with Crippen LogP contribution in [0.5, 0.6) is 0 Å². The lowest BCUT2D eigenvalue weighted by molar-refractivity contribution is 0.583. The number of rotatable bonds is 5. The molecule has 0 atom stereocenters. The first-order chi connectivity index (χ1) is 12.3. The number of aliphatic imine (C=N–C) groups is 1. The van der Waals surface area contributed by atoms with E-state index in [4.69, 9.17) is 0 Å². The third-order valence-electron chi connectivity index (χ3n) is 3.63. The first kappa shape index (κ1) is 16.4. The maximum absolute atomic E-state index is 9.56. The fourth-order valence-corrected chi connectivity index (χ4v) is 2.37. The standard InChI is InChI=1S/C17H18N8/c1-13-10-22-17(21-7-4-8-25-12-19-11-23-25)24-16(13)14(9-18)15-5-2-3-6-20-15/h2-3,5-6,10-12H,4,7-8H2,1H3,(H2,21,22,24)/b16-14+. The van der Waals surface area contributed by atoms with Crippen molar-refractivity contribution in [3.8, 4) is 6.07 Å². The van der Waals surface area contributed by atoms with Crippen LogP contribution in [0.4, 0.5) is 0 Å². The number of allylic oxidation sites excluding steroid dienone is 2. The molecule has 0 fully saturated rings. The van der Waals surface area contributed by atoms with E-state index in [0.717, 1.165) is 24.2 Å². The molecule has 0 radical (unpaired) electrons. The van der Waals surface area contributed by atoms with E-state index in [-0.39, 0.29) is 0 Å². The largest absolute Gasteiger partial charge is 0.332 e. The van der Waals surface area contributed by atoms with Gasteiger partial charge in [-0.05, 0) is 31.1 Å². The van der Waals surface area contributed by atoms with Gasteiger partial charge in [-0.1, -0.05) is 6.07 Å². The average molecular weight is 334 g/mol. The molecule has 0 unspecified atom stereocenters. The summed E-state index contributed by atoms with van der Waals surface area (Å²) in [5.74, 6) is 0.614. The van der Waals surface area contributed by atoms with Crippen LogP contribution in [0.1, 0.15) is 19.0 Å². The molecule has 1 aliphatic rings. The van der Waals surface area contributed by atoms with Gasteiger partial charge in [0, 0.05) is 25.5 Å². The Labute approximate surface area is 145 Å². The Morgan fingerprint density at radius 1 is 1.40 bits per heavy atom. The maximum Gasteiger partial charge on any atom is 0.199 e. The molecule has 0 aromatic carbocycles. The number of hydrogen-bond acceptors (Lipinski definition) is 5. The number of nitrogens with zero attached hydrogens (tertiary/aromatic N) is 6. The van der Waals surface area contributed by atoms with Crippen LogP contribution in [-0.2, 0) is 6.54 Å². The molecule has 3 rings (SSSR count). The van der Waals surface area contributed by atoms with Gasteiger partial charge in [0.2, 0.25) is 0 Å². The first-order valence-corrected chi connectivity index (χ1v) is 7.91. The van der Waals surface area contributed by atoms with Gasteiger partial charge in [0.05, 0.1) is 11.4 Å². The van der Waals surface area contributed by atoms with E-state index in [1.165, 1.54) is 6.33 Å². The zero-order chi connectivity index (χ0) is 17.5. The van der Waals surface area contributed by atoms with Crippen LogP contribution in [0.15, 0.2) is 59.5 Å². The number of hydrogen-bond donors (Lipinski definition) is 2. The first-order valence-electron chi connectivity index (χ1n) is 7.91. The van der Waals surface area contributed by atoms with Crippen molar-refractivity contribution in [2.75, 3.05) is 6.54 Å². The highest BCUT2D eigenvalue weighted by molar-refractivity contribution is 5.90. The molecule has 1 aliphatic heterocycles. The summed E-state index contributed by atoms with van der Waals surface area (Å²) in [7, 11) is 0. The lowest BCUT2D eigenvalue weighted by Gasteiger charge is -2.21. The summed E-state index contributed by atoms with van der Waals surface area (Å²) in [4.78, 5) is 12.7. The molecule has 3 heterocycles. The molecule has 0 saturated heterocycles. The molecule has 2 N–H and O–H groups in total. The number of nitrogens with one attached hydrogen (secondary N) is 2. The van der Waals surface area contributed by atoms with Crippen molar-refractivity contribution in [2.45, 2.75) is 19.9 Å². The van der Waals surface area contributed by atoms with Crippen molar-refractivity contribution in [3.05, 3.63) is 60.2 Å². The van der Waals surface area contributed by atoms with Gasteiger partial charge in [0.25, 0.3) is 0 Å². The van der Waals surface area contributed by atoms with Crippen LogP contribution in [0, 0.1) is 11.3 Å². The Balaban J connectivity index is 1.72. The van der Waals surface area contributed by atoms with Crippen molar-refractivity contribution in [2.24, 2.45) is 4.99 Å². The highest BCUT2D eigenvalue weighted by Gasteiger charge is 2.17. The molecular weight excluding hydrogens is 316 g/mol. The number of guanidine groups is 1. The second-order valence-corrected chi connectivity index (χ2v) is 5.42. The Morgan fingerprint density at radius 2 is 2.32 bits per heavy atom. The predicted molar refractivity (Wildman–Crippen MR) is 93.7 cm³/mol. The minimum Gasteiger partial charge on any atom is -0.332 e. The number of pyridine rings is 1. The molecule has 126 valence electrons. The summed E-state index contributed by atoms with van der Waals surface area (Å²) in [6.07, 6.45) is 7.54. The van der Waals surface area contributed by atoms with E-state index in [1.54, 1.807) is 17.2 Å². The molecule has 0 bridgehead atoms. The normalized spacial score (nSPS) is 17.3. The van der Waals surface area contributed by atoms with Crippen LogP contribution in [-0.4, -0.2) is 32.3 Å². The van der Waals surface area contributed by atoms with Crippen molar-refractivity contribution in [1.29, 1.82) is 5.26 Å². The summed E-state index contributed by atoms with van der Waals surface area (Å²) < 4.78 is 1.77. The van der Waals surface area contributed by atoms with E-state index >= 15 is 0 Å². The minimum absolute atomic E-state index is 0.492. The van der Waals surface area contributed by atoms with Gasteiger partial charge in [-0.2, -0.15) is 10.4 Å². The third-order valence-corrected chi connectivity index (χ3v) is 3.63. The van der Waals surface area contributed by atoms with Crippen LogP contribution in [0.3, 0.4) is 0 Å². The van der Waals surface area contributed by atoms with Gasteiger partial charge in [0.15, 0.2) is 5.96 Å². The Kier molecular flexibility index (Phi) is 5.16. The Hall–Kier alpha value is -3.47. The van der Waals surface area contributed by atoms with Crippen LogP contribution >= 0.6 is 0 Å². The SMILES string of the molecule is CC1=CNC(=NCCCn2cncn2)N/C1=C(\C#N)c1ccccn1. The maximum atomic E-state index is 9.56. The van der Waals surface area contributed by atoms with E-state index in [1.807, 2.05) is 31.3 Å². The van der Waals surface area contributed by atoms with E-state index in [0.29, 0.717) is 23.8 Å². The fraction of sp³-hybridized carbons (Fsp3) is 0.235. The highest BCUT2D eigenvalue weighted by Crippen LogP contribution is 2.20. The quantitative estimate of drug-likeness (QED) is 0.633. The summed E-state index contributed by atoms with van der Waals surface area (Å²) in [6.45, 7) is 3.31. The highest BCUT2D eigenvalue weighted by atomic mass is 15.3. The molecule has 0 amide bonds. The Morgan fingerprint density at radius 3 is 3.04 bits per heavy atom. The topological polar surface area (TPSA) is 104 Å². The van der Waals surface area contributed by atoms with Gasteiger partial charge >= 0.3 is 0 Å². The summed E-state index contributed by atoms with van der Waals surface area (Å²) in [5.41, 5.74) is 2.76. The van der Waals surface area contributed by atoms with Crippen LogP contribution in [0.2, 0.25) is 0 Å². The zero-order valence-corrected chi connectivity index (χ0v) is 13.8. The monoisotopic (exact) mass is 334 g/mol. The molecule has 8 heteroatoms. The van der Waals surface area contributed by atoms with Crippen LogP contribution in [0.25, 0.3) is 5.57 Å². The number of nitriles is 1. The summed E-state index contributed by atoms with van der Waals surface area (Å²) in [5, 5.41) is 19.9. The molecule has 2 aromatic heterocycles. The summed E-state index contributed by atoms with van der Waals surface area (Å²) >= 11 is 0. The molecule has 0 spiro atoms. The van der Waals surface area contributed by atoms with Crippen molar-refractivity contribution in [3.63, 3.8) is 0 Å². The number of aryl methyl sites for hydroxylation is 1. The second-order valence-electron chi connectivity index (χ2n) is 5.42. The average Bonchev–Trinajstić information content (AvgIpc) is 3.16. The lowest BCUT2D eigenvalue weighted by atomic mass is 10.1. The van der Waals surface area contributed by atoms with E-state index in [2.05, 4.69) is 36.8 Å². The van der Waals surface area contributed by atoms with Gasteiger partial charge in [-0.25, -0.2) is 4.98 Å². The molecule has 0 aliphatic carbocycles. The molecule has 2 aromatic rings. The van der Waals surface area contributed by atoms with Gasteiger partial charge < -0.3 is 10.6 Å². The van der Waals surface area contributed by atoms with Crippen molar-refractivity contribution >= 4 is 11.5 Å². The second kappa shape index (κ2) is 7.88. The van der Waals surface area contributed by atoms with E-state index < -0.39 is 0 Å². The molecule has 8 nitrogen and oxygen atoms in total. The van der Waals surface area contributed by atoms with Crippen LogP contribution < -0.4 is 10.6 Å². The van der Waals surface area contributed by atoms with Gasteiger partial charge in [0.1, 0.15) is 24.3 Å². The minimum atomic E-state index is 0.492. The fourth-order valence-electron chi connectivity index (χ4n) is 2.37. The summed E-state index contributed by atoms with van der Waals surface area (Å²) in [6, 6.07) is 7.74. The molecular formula is C17H18N8.